The van der Waals surface area contributed by atoms with E-state index in [1.54, 1.807) is 0 Å². The van der Waals surface area contributed by atoms with E-state index >= 15 is 0 Å². The fourth-order valence-electron chi connectivity index (χ4n) is 0.970. The lowest BCUT2D eigenvalue weighted by Gasteiger charge is -1.86. The molecule has 0 unspecified atom stereocenters. The molecule has 13 heavy (non-hydrogen) atoms. The molecule has 0 aliphatic heterocycles. The van der Waals surface area contributed by atoms with Gasteiger partial charge in [-0.2, -0.15) is 4.39 Å². The largest absolute Gasteiger partial charge is 0.477 e. The van der Waals surface area contributed by atoms with Crippen LogP contribution in [0.1, 0.15) is 9.67 Å². The van der Waals surface area contributed by atoms with Gasteiger partial charge in [0.1, 0.15) is 4.88 Å². The van der Waals surface area contributed by atoms with Crippen LogP contribution in [0.3, 0.4) is 0 Å². The van der Waals surface area contributed by atoms with Crippen molar-refractivity contribution in [2.45, 2.75) is 0 Å². The summed E-state index contributed by atoms with van der Waals surface area (Å²) in [4.78, 5) is 10.7. The molecule has 0 amide bonds. The number of hydrogen-bond acceptors (Lipinski definition) is 3. The molecule has 2 rings (SSSR count). The van der Waals surface area contributed by atoms with Crippen molar-refractivity contribution in [3.05, 3.63) is 21.1 Å². The minimum Gasteiger partial charge on any atom is -0.477 e. The molecular formula is C7H2ClFO2S2. The summed E-state index contributed by atoms with van der Waals surface area (Å²) >= 11 is 7.60. The molecule has 68 valence electrons. The van der Waals surface area contributed by atoms with Crippen LogP contribution in [0.5, 0.6) is 0 Å². The molecule has 2 nitrogen and oxygen atoms in total. The van der Waals surface area contributed by atoms with Gasteiger partial charge in [0, 0.05) is 6.07 Å². The van der Waals surface area contributed by atoms with Crippen molar-refractivity contribution in [2.24, 2.45) is 0 Å². The number of carbonyl (C=O) groups is 1. The van der Waals surface area contributed by atoms with Crippen molar-refractivity contribution >= 4 is 49.6 Å². The molecular weight excluding hydrogens is 235 g/mol. The summed E-state index contributed by atoms with van der Waals surface area (Å²) < 4.78 is 13.8. The lowest BCUT2D eigenvalue weighted by Crippen LogP contribution is -1.91. The molecule has 0 saturated carbocycles. The summed E-state index contributed by atoms with van der Waals surface area (Å²) in [6, 6.07) is 1.29. The second kappa shape index (κ2) is 2.94. The van der Waals surface area contributed by atoms with Crippen molar-refractivity contribution in [3.8, 4) is 0 Å². The van der Waals surface area contributed by atoms with Gasteiger partial charge in [-0.1, -0.05) is 11.6 Å². The first kappa shape index (κ1) is 8.93. The van der Waals surface area contributed by atoms with E-state index in [1.165, 1.54) is 6.07 Å². The SMILES string of the molecule is O=C(O)c1sc2cc(F)sc2c1Cl. The summed E-state index contributed by atoms with van der Waals surface area (Å²) in [7, 11) is 0. The Morgan fingerprint density at radius 1 is 1.54 bits per heavy atom. The Bertz CT molecular complexity index is 488. The van der Waals surface area contributed by atoms with Gasteiger partial charge < -0.3 is 5.11 Å². The molecule has 2 aromatic heterocycles. The number of carboxylic acids is 1. The van der Waals surface area contributed by atoms with Crippen molar-refractivity contribution in [1.82, 2.24) is 0 Å². The van der Waals surface area contributed by atoms with Crippen LogP contribution in [0.25, 0.3) is 9.40 Å². The summed E-state index contributed by atoms with van der Waals surface area (Å²) in [6.45, 7) is 0. The van der Waals surface area contributed by atoms with Crippen molar-refractivity contribution in [3.63, 3.8) is 0 Å². The molecule has 2 aromatic rings. The van der Waals surface area contributed by atoms with Crippen LogP contribution in [0, 0.1) is 5.13 Å². The highest BCUT2D eigenvalue weighted by Gasteiger charge is 2.18. The Labute approximate surface area is 85.2 Å². The normalized spacial score (nSPS) is 10.9. The maximum atomic E-state index is 12.7. The second-order valence-corrected chi connectivity index (χ2v) is 4.73. The average Bonchev–Trinajstić information content (AvgIpc) is 2.51. The predicted molar refractivity (Wildman–Crippen MR) is 51.6 cm³/mol. The van der Waals surface area contributed by atoms with E-state index in [1.807, 2.05) is 0 Å². The summed E-state index contributed by atoms with van der Waals surface area (Å²) in [5.74, 6) is -1.07. The maximum Gasteiger partial charge on any atom is 0.347 e. The van der Waals surface area contributed by atoms with E-state index in [0.29, 0.717) is 9.40 Å². The lowest BCUT2D eigenvalue weighted by atomic mass is 10.4. The molecule has 0 atom stereocenters. The zero-order valence-corrected chi connectivity index (χ0v) is 8.39. The Hall–Kier alpha value is -0.650. The van der Waals surface area contributed by atoms with E-state index in [9.17, 15) is 9.18 Å². The van der Waals surface area contributed by atoms with Crippen molar-refractivity contribution < 1.29 is 14.3 Å². The Balaban J connectivity index is 2.76. The monoisotopic (exact) mass is 236 g/mol. The molecule has 0 saturated heterocycles. The van der Waals surface area contributed by atoms with Crippen LogP contribution in [-0.2, 0) is 0 Å². The fraction of sp³-hybridized carbons (Fsp3) is 0. The number of halogens is 2. The van der Waals surface area contributed by atoms with Gasteiger partial charge in [-0.15, -0.1) is 22.7 Å². The first-order chi connectivity index (χ1) is 6.09. The molecule has 0 radical (unpaired) electrons. The maximum absolute atomic E-state index is 12.7. The van der Waals surface area contributed by atoms with Crippen molar-refractivity contribution in [2.75, 3.05) is 0 Å². The Morgan fingerprint density at radius 2 is 2.23 bits per heavy atom. The van der Waals surface area contributed by atoms with Crippen LogP contribution in [0.4, 0.5) is 4.39 Å². The highest BCUT2D eigenvalue weighted by atomic mass is 35.5. The number of carboxylic acid groups (broad SMARTS) is 1. The lowest BCUT2D eigenvalue weighted by molar-refractivity contribution is 0.0702. The quantitative estimate of drug-likeness (QED) is 0.823. The number of thiophene rings is 2. The third kappa shape index (κ3) is 1.33. The smallest absolute Gasteiger partial charge is 0.347 e. The van der Waals surface area contributed by atoms with Crippen LogP contribution in [0.2, 0.25) is 5.02 Å². The summed E-state index contributed by atoms with van der Waals surface area (Å²) in [5.41, 5.74) is 0. The average molecular weight is 237 g/mol. The highest BCUT2D eigenvalue weighted by Crippen LogP contribution is 2.40. The molecule has 2 heterocycles. The van der Waals surface area contributed by atoms with Gasteiger partial charge in [0.15, 0.2) is 5.13 Å². The molecule has 0 aromatic carbocycles. The topological polar surface area (TPSA) is 37.3 Å². The van der Waals surface area contributed by atoms with Crippen LogP contribution in [0.15, 0.2) is 6.07 Å². The highest BCUT2D eigenvalue weighted by molar-refractivity contribution is 7.29. The van der Waals surface area contributed by atoms with Crippen molar-refractivity contribution in [1.29, 1.82) is 0 Å². The first-order valence-corrected chi connectivity index (χ1v) is 5.21. The second-order valence-electron chi connectivity index (χ2n) is 2.29. The zero-order valence-electron chi connectivity index (χ0n) is 6.01. The van der Waals surface area contributed by atoms with E-state index < -0.39 is 5.97 Å². The van der Waals surface area contributed by atoms with Crippen LogP contribution in [-0.4, -0.2) is 11.1 Å². The van der Waals surface area contributed by atoms with Gasteiger partial charge in [0.25, 0.3) is 0 Å². The third-order valence-electron chi connectivity index (χ3n) is 1.47. The standard InChI is InChI=1S/C7H2ClFO2S2/c8-4-5-2(1-3(9)13-5)12-6(4)7(10)11/h1H,(H,10,11). The number of aromatic carboxylic acids is 1. The zero-order chi connectivity index (χ0) is 9.59. The fourth-order valence-corrected chi connectivity index (χ4v) is 3.41. The third-order valence-corrected chi connectivity index (χ3v) is 4.27. The van der Waals surface area contributed by atoms with Crippen LogP contribution < -0.4 is 0 Å². The Kier molecular flexibility index (Phi) is 2.02. The predicted octanol–water partition coefficient (Wildman–Crippen LogP) is 3.45. The van der Waals surface area contributed by atoms with Gasteiger partial charge in [0.05, 0.1) is 14.4 Å². The van der Waals surface area contributed by atoms with Crippen LogP contribution >= 0.6 is 34.3 Å². The summed E-state index contributed by atoms with van der Waals surface area (Å²) in [5, 5.41) is 8.48. The molecule has 0 aliphatic rings. The first-order valence-electron chi connectivity index (χ1n) is 3.20. The molecule has 0 spiro atoms. The van der Waals surface area contributed by atoms with Gasteiger partial charge in [-0.3, -0.25) is 0 Å². The number of fused-ring (bicyclic) bond motifs is 1. The van der Waals surface area contributed by atoms with Gasteiger partial charge >= 0.3 is 5.97 Å². The molecule has 1 N–H and O–H groups in total. The molecule has 0 bridgehead atoms. The van der Waals surface area contributed by atoms with Gasteiger partial charge in [-0.05, 0) is 0 Å². The minimum absolute atomic E-state index is 0.0721. The molecule has 0 aliphatic carbocycles. The minimum atomic E-state index is -1.07. The van der Waals surface area contributed by atoms with Gasteiger partial charge in [0.2, 0.25) is 0 Å². The molecule has 0 fully saturated rings. The van der Waals surface area contributed by atoms with Gasteiger partial charge in [-0.25, -0.2) is 4.79 Å². The summed E-state index contributed by atoms with van der Waals surface area (Å²) in [6.07, 6.45) is 0. The number of rotatable bonds is 1. The number of hydrogen-bond donors (Lipinski definition) is 1. The van der Waals surface area contributed by atoms with E-state index in [0.717, 1.165) is 22.7 Å². The van der Waals surface area contributed by atoms with E-state index in [4.69, 9.17) is 16.7 Å². The van der Waals surface area contributed by atoms with E-state index in [2.05, 4.69) is 0 Å². The van der Waals surface area contributed by atoms with E-state index in [-0.39, 0.29) is 15.0 Å². The Morgan fingerprint density at radius 3 is 2.77 bits per heavy atom. The molecule has 6 heteroatoms.